The summed E-state index contributed by atoms with van der Waals surface area (Å²) in [5, 5.41) is 3.87. The summed E-state index contributed by atoms with van der Waals surface area (Å²) in [5.41, 5.74) is 4.26. The first kappa shape index (κ1) is 23.7. The number of anilines is 1. The molecule has 2 aromatic rings. The Morgan fingerprint density at radius 3 is 2.47 bits per heavy atom. The molecule has 2 unspecified atom stereocenters. The van der Waals surface area contributed by atoms with Gasteiger partial charge in [-0.15, -0.1) is 0 Å². The molecule has 1 heterocycles. The van der Waals surface area contributed by atoms with Crippen LogP contribution in [0.2, 0.25) is 0 Å². The molecule has 3 N–H and O–H groups in total. The molecular weight excluding hydrogens is 456 g/mol. The van der Waals surface area contributed by atoms with Crippen molar-refractivity contribution in [2.45, 2.75) is 24.7 Å². The molecule has 2 aliphatic rings. The van der Waals surface area contributed by atoms with Crippen molar-refractivity contribution >= 4 is 33.4 Å². The van der Waals surface area contributed by atoms with Gasteiger partial charge < -0.3 is 5.32 Å². The first-order chi connectivity index (χ1) is 16.3. The van der Waals surface area contributed by atoms with Gasteiger partial charge in [0, 0.05) is 18.7 Å². The fourth-order valence-corrected chi connectivity index (χ4v) is 5.07. The number of nitrogens with zero attached hydrogens (tertiary/aromatic N) is 1. The maximum absolute atomic E-state index is 12.9. The van der Waals surface area contributed by atoms with Crippen LogP contribution >= 0.6 is 0 Å². The second-order valence-corrected chi connectivity index (χ2v) is 10.1. The zero-order valence-electron chi connectivity index (χ0n) is 18.7. The number of hydrogen-bond acceptors (Lipinski definition) is 5. The van der Waals surface area contributed by atoms with Crippen LogP contribution in [0, 0.1) is 18.8 Å². The van der Waals surface area contributed by atoms with Gasteiger partial charge in [-0.2, -0.15) is 0 Å². The summed E-state index contributed by atoms with van der Waals surface area (Å²) < 4.78 is 27.1. The molecule has 1 aliphatic carbocycles. The van der Waals surface area contributed by atoms with Gasteiger partial charge in [-0.1, -0.05) is 35.9 Å². The van der Waals surface area contributed by atoms with E-state index in [0.717, 1.165) is 5.56 Å². The van der Waals surface area contributed by atoms with Crippen LogP contribution in [0.3, 0.4) is 0 Å². The number of fused-ring (bicyclic) bond motifs is 1. The van der Waals surface area contributed by atoms with Gasteiger partial charge >= 0.3 is 0 Å². The Hall–Kier alpha value is -3.50. The van der Waals surface area contributed by atoms with Crippen molar-refractivity contribution in [3.8, 4) is 0 Å². The Morgan fingerprint density at radius 2 is 1.74 bits per heavy atom. The van der Waals surface area contributed by atoms with Crippen LogP contribution < -0.4 is 20.5 Å². The third kappa shape index (κ3) is 5.02. The number of carbonyl (C=O) groups excluding carboxylic acids is 3. The molecule has 1 saturated heterocycles. The number of hydrogen-bond donors (Lipinski definition) is 3. The number of nitrogens with one attached hydrogen (secondary N) is 3. The van der Waals surface area contributed by atoms with Crippen LogP contribution in [0.25, 0.3) is 0 Å². The van der Waals surface area contributed by atoms with Crippen molar-refractivity contribution in [1.29, 1.82) is 0 Å². The molecule has 9 nitrogen and oxygen atoms in total. The van der Waals surface area contributed by atoms with E-state index in [9.17, 15) is 22.8 Å². The molecule has 2 atom stereocenters. The van der Waals surface area contributed by atoms with Gasteiger partial charge in [-0.05, 0) is 50.1 Å². The SMILES string of the molecule is Cc1ccc(S(=O)(=O)NCCNC(=O)c2cccc(N3NC(=O)C4CC=CCC4C3=O)c2)cc1. The van der Waals surface area contributed by atoms with Gasteiger partial charge in [0.05, 0.1) is 22.4 Å². The molecule has 2 aromatic carbocycles. The van der Waals surface area contributed by atoms with E-state index in [-0.39, 0.29) is 41.3 Å². The average molecular weight is 483 g/mol. The van der Waals surface area contributed by atoms with E-state index in [0.29, 0.717) is 18.5 Å². The lowest BCUT2D eigenvalue weighted by atomic mass is 9.80. The van der Waals surface area contributed by atoms with Crippen molar-refractivity contribution in [3.63, 3.8) is 0 Å². The number of benzene rings is 2. The maximum atomic E-state index is 12.9. The molecule has 1 fully saturated rings. The fourth-order valence-electron chi connectivity index (χ4n) is 4.03. The van der Waals surface area contributed by atoms with Crippen LogP contribution in [0.4, 0.5) is 5.69 Å². The van der Waals surface area contributed by atoms with Crippen molar-refractivity contribution in [2.75, 3.05) is 18.1 Å². The molecule has 0 saturated carbocycles. The first-order valence-electron chi connectivity index (χ1n) is 11.0. The van der Waals surface area contributed by atoms with Gasteiger partial charge in [-0.25, -0.2) is 18.1 Å². The molecule has 3 amide bonds. The lowest BCUT2D eigenvalue weighted by molar-refractivity contribution is -0.139. The van der Waals surface area contributed by atoms with Crippen LogP contribution in [0.15, 0.2) is 65.6 Å². The number of aryl methyl sites for hydroxylation is 1. The Bertz CT molecular complexity index is 1240. The van der Waals surface area contributed by atoms with E-state index in [4.69, 9.17) is 0 Å². The van der Waals surface area contributed by atoms with Gasteiger partial charge in [-0.3, -0.25) is 19.8 Å². The topological polar surface area (TPSA) is 125 Å². The number of sulfonamides is 1. The summed E-state index contributed by atoms with van der Waals surface area (Å²) in [6, 6.07) is 12.8. The fraction of sp³-hybridized carbons (Fsp3) is 0.292. The summed E-state index contributed by atoms with van der Waals surface area (Å²) in [5.74, 6) is -1.64. The number of rotatable bonds is 7. The molecule has 34 heavy (non-hydrogen) atoms. The molecule has 178 valence electrons. The van der Waals surface area contributed by atoms with E-state index < -0.39 is 21.8 Å². The van der Waals surface area contributed by atoms with Gasteiger partial charge in [0.1, 0.15) is 0 Å². The second kappa shape index (κ2) is 9.78. The van der Waals surface area contributed by atoms with Crippen LogP contribution in [-0.2, 0) is 19.6 Å². The Kier molecular flexibility index (Phi) is 6.80. The Morgan fingerprint density at radius 1 is 1.03 bits per heavy atom. The van der Waals surface area contributed by atoms with Crippen LogP contribution in [0.5, 0.6) is 0 Å². The normalized spacial score (nSPS) is 20.0. The smallest absolute Gasteiger partial charge is 0.251 e. The van der Waals surface area contributed by atoms with Gasteiger partial charge in [0.15, 0.2) is 0 Å². The summed E-state index contributed by atoms with van der Waals surface area (Å²) in [6.07, 6.45) is 4.86. The van der Waals surface area contributed by atoms with E-state index in [2.05, 4.69) is 15.5 Å². The Balaban J connectivity index is 1.36. The van der Waals surface area contributed by atoms with E-state index in [1.54, 1.807) is 30.3 Å². The summed E-state index contributed by atoms with van der Waals surface area (Å²) in [4.78, 5) is 38.2. The predicted octanol–water partition coefficient (Wildman–Crippen LogP) is 1.66. The highest BCUT2D eigenvalue weighted by molar-refractivity contribution is 7.89. The highest BCUT2D eigenvalue weighted by Crippen LogP contribution is 2.32. The lowest BCUT2D eigenvalue weighted by Gasteiger charge is -2.38. The quantitative estimate of drug-likeness (QED) is 0.409. The molecule has 0 spiro atoms. The Labute approximate surface area is 198 Å². The number of amides is 3. The summed E-state index contributed by atoms with van der Waals surface area (Å²) in [7, 11) is -3.67. The zero-order valence-corrected chi connectivity index (χ0v) is 19.5. The van der Waals surface area contributed by atoms with Gasteiger partial charge in [0.2, 0.25) is 21.8 Å². The highest BCUT2D eigenvalue weighted by atomic mass is 32.2. The first-order valence-corrected chi connectivity index (χ1v) is 12.5. The minimum absolute atomic E-state index is 0.0128. The summed E-state index contributed by atoms with van der Waals surface area (Å²) >= 11 is 0. The van der Waals surface area contributed by atoms with Crippen LogP contribution in [0.1, 0.15) is 28.8 Å². The minimum atomic E-state index is -3.67. The second-order valence-electron chi connectivity index (χ2n) is 8.32. The van der Waals surface area contributed by atoms with Crippen molar-refractivity contribution < 1.29 is 22.8 Å². The maximum Gasteiger partial charge on any atom is 0.251 e. The lowest BCUT2D eigenvalue weighted by Crippen LogP contribution is -2.59. The number of carbonyl (C=O) groups is 3. The largest absolute Gasteiger partial charge is 0.351 e. The summed E-state index contributed by atoms with van der Waals surface area (Å²) in [6.45, 7) is 1.95. The molecule has 10 heteroatoms. The molecule has 0 radical (unpaired) electrons. The van der Waals surface area contributed by atoms with Crippen molar-refractivity contribution in [2.24, 2.45) is 11.8 Å². The van der Waals surface area contributed by atoms with E-state index in [1.807, 2.05) is 19.1 Å². The number of hydrazine groups is 1. The molecular formula is C24H26N4O5S. The zero-order chi connectivity index (χ0) is 24.3. The molecule has 0 aromatic heterocycles. The molecule has 1 aliphatic heterocycles. The average Bonchev–Trinajstić information content (AvgIpc) is 2.84. The van der Waals surface area contributed by atoms with Crippen LogP contribution in [-0.4, -0.2) is 39.2 Å². The standard InChI is InChI=1S/C24H26N4O5S/c1-16-9-11-19(12-10-16)34(32,33)26-14-13-25-22(29)17-5-4-6-18(15-17)28-24(31)21-8-3-2-7-20(21)23(30)27-28/h2-6,9-12,15,20-21,26H,7-8,13-14H2,1H3,(H,25,29)(H,27,30). The van der Waals surface area contributed by atoms with Crippen molar-refractivity contribution in [3.05, 3.63) is 71.8 Å². The highest BCUT2D eigenvalue weighted by Gasteiger charge is 2.42. The van der Waals surface area contributed by atoms with E-state index in [1.165, 1.54) is 23.2 Å². The minimum Gasteiger partial charge on any atom is -0.351 e. The monoisotopic (exact) mass is 482 g/mol. The molecule has 0 bridgehead atoms. The third-order valence-electron chi connectivity index (χ3n) is 5.93. The van der Waals surface area contributed by atoms with Gasteiger partial charge in [0.25, 0.3) is 5.91 Å². The van der Waals surface area contributed by atoms with Crippen molar-refractivity contribution in [1.82, 2.24) is 15.5 Å². The number of allylic oxidation sites excluding steroid dienone is 2. The third-order valence-corrected chi connectivity index (χ3v) is 7.41. The van der Waals surface area contributed by atoms with E-state index >= 15 is 0 Å². The molecule has 4 rings (SSSR count). The predicted molar refractivity (Wildman–Crippen MR) is 126 cm³/mol.